The van der Waals surface area contributed by atoms with E-state index in [4.69, 9.17) is 9.47 Å². The Morgan fingerprint density at radius 3 is 3.00 bits per heavy atom. The van der Waals surface area contributed by atoms with Gasteiger partial charge >= 0.3 is 0 Å². The largest absolute Gasteiger partial charge is 0.493 e. The molecule has 1 fully saturated rings. The zero-order valence-corrected chi connectivity index (χ0v) is 15.8. The molecule has 0 bridgehead atoms. The number of piperidine rings is 1. The first-order valence-electron chi connectivity index (χ1n) is 8.87. The minimum Gasteiger partial charge on any atom is -0.493 e. The molecule has 1 aliphatic heterocycles. The lowest BCUT2D eigenvalue weighted by molar-refractivity contribution is -0.123. The van der Waals surface area contributed by atoms with Crippen molar-refractivity contribution in [3.8, 4) is 11.5 Å². The van der Waals surface area contributed by atoms with Gasteiger partial charge in [0.15, 0.2) is 18.1 Å². The summed E-state index contributed by atoms with van der Waals surface area (Å²) in [6, 6.07) is 7.33. The maximum absolute atomic E-state index is 12.1. The van der Waals surface area contributed by atoms with E-state index in [1.54, 1.807) is 24.5 Å². The Balaban J connectivity index is 1.39. The van der Waals surface area contributed by atoms with Gasteiger partial charge in [0, 0.05) is 30.7 Å². The summed E-state index contributed by atoms with van der Waals surface area (Å²) in [5, 5.41) is 3.00. The standard InChI is InChI=1S/C19H25N3O3S/c1-24-17-6-2-3-7-18(17)25-13-19(23)21-9-15-5-4-8-22(11-15)12-16-10-20-14-26-16/h2-3,6-7,10,14-15H,4-5,8-9,11-13H2,1H3,(H,21,23)/t15-/m0/s1. The van der Waals surface area contributed by atoms with Crippen LogP contribution in [-0.4, -0.2) is 49.1 Å². The van der Waals surface area contributed by atoms with Gasteiger partial charge in [-0.25, -0.2) is 0 Å². The van der Waals surface area contributed by atoms with Crippen LogP contribution in [0.3, 0.4) is 0 Å². The first-order valence-corrected chi connectivity index (χ1v) is 9.75. The highest BCUT2D eigenvalue weighted by atomic mass is 32.1. The van der Waals surface area contributed by atoms with Gasteiger partial charge in [0.1, 0.15) is 0 Å². The Kier molecular flexibility index (Phi) is 6.85. The third-order valence-corrected chi connectivity index (χ3v) is 5.25. The monoisotopic (exact) mass is 375 g/mol. The molecule has 0 radical (unpaired) electrons. The number of ether oxygens (including phenoxy) is 2. The smallest absolute Gasteiger partial charge is 0.257 e. The molecule has 0 aliphatic carbocycles. The Morgan fingerprint density at radius 1 is 1.38 bits per heavy atom. The molecule has 3 rings (SSSR count). The van der Waals surface area contributed by atoms with Gasteiger partial charge < -0.3 is 14.8 Å². The van der Waals surface area contributed by atoms with Gasteiger partial charge in [0.2, 0.25) is 0 Å². The van der Waals surface area contributed by atoms with Crippen LogP contribution in [0.4, 0.5) is 0 Å². The van der Waals surface area contributed by atoms with E-state index in [0.717, 1.165) is 32.5 Å². The molecule has 1 aromatic heterocycles. The molecule has 1 aliphatic rings. The summed E-state index contributed by atoms with van der Waals surface area (Å²) in [7, 11) is 1.59. The topological polar surface area (TPSA) is 63.7 Å². The lowest BCUT2D eigenvalue weighted by Crippen LogP contribution is -2.41. The molecule has 7 heteroatoms. The van der Waals surface area contributed by atoms with E-state index in [-0.39, 0.29) is 12.5 Å². The number of nitrogens with zero attached hydrogens (tertiary/aromatic N) is 2. The summed E-state index contributed by atoms with van der Waals surface area (Å²) in [5.74, 6) is 1.59. The number of thiazole rings is 1. The SMILES string of the molecule is COc1ccccc1OCC(=O)NC[C@@H]1CCCN(Cc2cncs2)C1. The van der Waals surface area contributed by atoms with Crippen molar-refractivity contribution in [3.63, 3.8) is 0 Å². The van der Waals surface area contributed by atoms with Gasteiger partial charge in [-0.05, 0) is 37.4 Å². The molecule has 0 saturated carbocycles. The average molecular weight is 375 g/mol. The van der Waals surface area contributed by atoms with Gasteiger partial charge in [-0.1, -0.05) is 12.1 Å². The van der Waals surface area contributed by atoms with Crippen LogP contribution in [0.25, 0.3) is 0 Å². The summed E-state index contributed by atoms with van der Waals surface area (Å²) in [4.78, 5) is 20.0. The van der Waals surface area contributed by atoms with Crippen molar-refractivity contribution in [2.45, 2.75) is 19.4 Å². The second-order valence-electron chi connectivity index (χ2n) is 6.45. The number of aromatic nitrogens is 1. The van der Waals surface area contributed by atoms with E-state index >= 15 is 0 Å². The third kappa shape index (κ3) is 5.44. The Labute approximate surface area is 158 Å². The fraction of sp³-hybridized carbons (Fsp3) is 0.474. The molecule has 1 aromatic carbocycles. The molecule has 1 atom stereocenters. The predicted octanol–water partition coefficient (Wildman–Crippen LogP) is 2.56. The summed E-state index contributed by atoms with van der Waals surface area (Å²) in [5.41, 5.74) is 1.87. The molecule has 2 aromatic rings. The molecule has 1 saturated heterocycles. The van der Waals surface area contributed by atoms with E-state index in [1.807, 2.05) is 29.9 Å². The van der Waals surface area contributed by atoms with Crippen molar-refractivity contribution in [2.24, 2.45) is 5.92 Å². The van der Waals surface area contributed by atoms with Crippen molar-refractivity contribution in [2.75, 3.05) is 33.4 Å². The van der Waals surface area contributed by atoms with Crippen LogP contribution in [0.1, 0.15) is 17.7 Å². The summed E-state index contributed by atoms with van der Waals surface area (Å²) < 4.78 is 10.8. The zero-order valence-electron chi connectivity index (χ0n) is 15.0. The van der Waals surface area contributed by atoms with Crippen molar-refractivity contribution >= 4 is 17.2 Å². The lowest BCUT2D eigenvalue weighted by Gasteiger charge is -2.32. The molecule has 2 heterocycles. The van der Waals surface area contributed by atoms with E-state index in [1.165, 1.54) is 4.88 Å². The van der Waals surface area contributed by atoms with E-state index in [9.17, 15) is 4.79 Å². The number of benzene rings is 1. The lowest BCUT2D eigenvalue weighted by atomic mass is 9.98. The molecule has 0 spiro atoms. The van der Waals surface area contributed by atoms with Gasteiger partial charge in [-0.15, -0.1) is 11.3 Å². The number of hydrogen-bond donors (Lipinski definition) is 1. The zero-order chi connectivity index (χ0) is 18.2. The van der Waals surface area contributed by atoms with Gasteiger partial charge in [0.05, 0.1) is 12.6 Å². The first-order chi connectivity index (χ1) is 12.7. The quantitative estimate of drug-likeness (QED) is 0.768. The molecule has 0 unspecified atom stereocenters. The second kappa shape index (κ2) is 9.54. The Morgan fingerprint density at radius 2 is 2.23 bits per heavy atom. The summed E-state index contributed by atoms with van der Waals surface area (Å²) in [6.45, 7) is 3.75. The van der Waals surface area contributed by atoms with Crippen LogP contribution in [0.15, 0.2) is 36.0 Å². The molecule has 1 amide bonds. The number of carbonyl (C=O) groups is 1. The molecule has 1 N–H and O–H groups in total. The summed E-state index contributed by atoms with van der Waals surface area (Å²) >= 11 is 1.69. The molecular formula is C19H25N3O3S. The van der Waals surface area contributed by atoms with Gasteiger partial charge in [0.25, 0.3) is 5.91 Å². The summed E-state index contributed by atoms with van der Waals surface area (Å²) in [6.07, 6.45) is 4.25. The van der Waals surface area contributed by atoms with Crippen LogP contribution in [-0.2, 0) is 11.3 Å². The van der Waals surface area contributed by atoms with E-state index < -0.39 is 0 Å². The van der Waals surface area contributed by atoms with E-state index in [2.05, 4.69) is 15.2 Å². The maximum atomic E-state index is 12.1. The van der Waals surface area contributed by atoms with Crippen molar-refractivity contribution in [1.82, 2.24) is 15.2 Å². The number of para-hydroxylation sites is 2. The molecule has 140 valence electrons. The number of nitrogens with one attached hydrogen (secondary N) is 1. The van der Waals surface area contributed by atoms with Crippen molar-refractivity contribution < 1.29 is 14.3 Å². The van der Waals surface area contributed by atoms with Crippen LogP contribution in [0.2, 0.25) is 0 Å². The normalized spacial score (nSPS) is 17.7. The number of carbonyl (C=O) groups excluding carboxylic acids is 1. The Hall–Kier alpha value is -2.12. The molecule has 6 nitrogen and oxygen atoms in total. The number of hydrogen-bond acceptors (Lipinski definition) is 6. The number of amides is 1. The van der Waals surface area contributed by atoms with Gasteiger partial charge in [-0.3, -0.25) is 14.7 Å². The minimum atomic E-state index is -0.101. The highest BCUT2D eigenvalue weighted by Gasteiger charge is 2.21. The van der Waals surface area contributed by atoms with Gasteiger partial charge in [-0.2, -0.15) is 0 Å². The predicted molar refractivity (Wildman–Crippen MR) is 102 cm³/mol. The second-order valence-corrected chi connectivity index (χ2v) is 7.43. The molecule has 26 heavy (non-hydrogen) atoms. The van der Waals surface area contributed by atoms with Crippen LogP contribution in [0, 0.1) is 5.92 Å². The Bertz CT molecular complexity index is 693. The number of methoxy groups -OCH3 is 1. The average Bonchev–Trinajstić information content (AvgIpc) is 3.18. The fourth-order valence-corrected chi connectivity index (χ4v) is 3.83. The van der Waals surface area contributed by atoms with Crippen LogP contribution < -0.4 is 14.8 Å². The van der Waals surface area contributed by atoms with Crippen LogP contribution in [0.5, 0.6) is 11.5 Å². The number of likely N-dealkylation sites (tertiary alicyclic amines) is 1. The number of rotatable bonds is 8. The van der Waals surface area contributed by atoms with Crippen molar-refractivity contribution in [1.29, 1.82) is 0 Å². The fourth-order valence-electron chi connectivity index (χ4n) is 3.19. The highest BCUT2D eigenvalue weighted by Crippen LogP contribution is 2.25. The van der Waals surface area contributed by atoms with Crippen molar-refractivity contribution in [3.05, 3.63) is 40.8 Å². The highest BCUT2D eigenvalue weighted by molar-refractivity contribution is 7.09. The maximum Gasteiger partial charge on any atom is 0.257 e. The van der Waals surface area contributed by atoms with Crippen LogP contribution >= 0.6 is 11.3 Å². The minimum absolute atomic E-state index is 0.00231. The third-order valence-electron chi connectivity index (χ3n) is 4.48. The van der Waals surface area contributed by atoms with E-state index in [0.29, 0.717) is 24.0 Å². The molecular weight excluding hydrogens is 350 g/mol. The first kappa shape index (κ1) is 18.7.